The molecule has 0 atom stereocenters. The van der Waals surface area contributed by atoms with Gasteiger partial charge in [-0.05, 0) is 36.4 Å². The van der Waals surface area contributed by atoms with Gasteiger partial charge in [-0.25, -0.2) is 8.42 Å². The Morgan fingerprint density at radius 1 is 1.22 bits per heavy atom. The number of hydrogen-bond donors (Lipinski definition) is 1. The van der Waals surface area contributed by atoms with Gasteiger partial charge in [-0.1, -0.05) is 17.7 Å². The van der Waals surface area contributed by atoms with Gasteiger partial charge < -0.3 is 10.1 Å². The molecule has 0 aromatic heterocycles. The Balaban J connectivity index is 1.90. The van der Waals surface area contributed by atoms with E-state index in [-0.39, 0.29) is 4.90 Å². The summed E-state index contributed by atoms with van der Waals surface area (Å²) in [6.07, 6.45) is 1.16. The van der Waals surface area contributed by atoms with Gasteiger partial charge in [0.05, 0.1) is 21.2 Å². The van der Waals surface area contributed by atoms with Crippen molar-refractivity contribution < 1.29 is 13.2 Å². The van der Waals surface area contributed by atoms with E-state index in [0.717, 1.165) is 6.26 Å². The number of halogens is 1. The second-order valence-corrected chi connectivity index (χ2v) is 7.22. The zero-order chi connectivity index (χ0) is 16.9. The minimum atomic E-state index is -3.21. The maximum absolute atomic E-state index is 11.4. The highest BCUT2D eigenvalue weighted by Crippen LogP contribution is 2.25. The van der Waals surface area contributed by atoms with Crippen molar-refractivity contribution in [1.82, 2.24) is 0 Å². The van der Waals surface area contributed by atoms with Crippen LogP contribution < -0.4 is 10.1 Å². The molecule has 0 aliphatic heterocycles. The van der Waals surface area contributed by atoms with E-state index in [1.165, 1.54) is 12.1 Å². The Bertz CT molecular complexity index is 827. The number of nitrogens with one attached hydrogen (secondary N) is 1. The highest BCUT2D eigenvalue weighted by Gasteiger charge is 2.07. The molecule has 7 heteroatoms. The normalized spacial score (nSPS) is 10.8. The van der Waals surface area contributed by atoms with E-state index in [2.05, 4.69) is 11.4 Å². The second kappa shape index (κ2) is 7.36. The lowest BCUT2D eigenvalue weighted by atomic mass is 10.2. The number of anilines is 1. The summed E-state index contributed by atoms with van der Waals surface area (Å²) in [6.45, 7) is 0.792. The number of nitrogens with zero attached hydrogens (tertiary/aromatic N) is 1. The van der Waals surface area contributed by atoms with Gasteiger partial charge >= 0.3 is 0 Å². The van der Waals surface area contributed by atoms with Crippen molar-refractivity contribution >= 4 is 27.1 Å². The molecular formula is C16H15ClN2O3S. The molecule has 2 aromatic carbocycles. The fourth-order valence-corrected chi connectivity index (χ4v) is 2.80. The van der Waals surface area contributed by atoms with Crippen LogP contribution >= 0.6 is 11.6 Å². The van der Waals surface area contributed by atoms with E-state index in [1.54, 1.807) is 30.3 Å². The second-order valence-electron chi connectivity index (χ2n) is 4.79. The lowest BCUT2D eigenvalue weighted by Crippen LogP contribution is -2.12. The smallest absolute Gasteiger partial charge is 0.175 e. The Hall–Kier alpha value is -2.23. The van der Waals surface area contributed by atoms with Gasteiger partial charge in [-0.3, -0.25) is 0 Å². The first-order valence-electron chi connectivity index (χ1n) is 6.77. The van der Waals surface area contributed by atoms with Gasteiger partial charge in [0.25, 0.3) is 0 Å². The first-order chi connectivity index (χ1) is 10.9. The SMILES string of the molecule is CS(=O)(=O)c1ccc(OCCNc2c(Cl)cccc2C#N)cc1. The van der Waals surface area contributed by atoms with Crippen LogP contribution in [0.2, 0.25) is 5.02 Å². The van der Waals surface area contributed by atoms with Crippen molar-refractivity contribution in [3.63, 3.8) is 0 Å². The predicted octanol–water partition coefficient (Wildman–Crippen LogP) is 3.11. The number of hydrogen-bond acceptors (Lipinski definition) is 5. The average molecular weight is 351 g/mol. The largest absolute Gasteiger partial charge is 0.492 e. The van der Waals surface area contributed by atoms with Crippen LogP contribution in [0.25, 0.3) is 0 Å². The van der Waals surface area contributed by atoms with Crippen molar-refractivity contribution in [2.75, 3.05) is 24.7 Å². The first kappa shape index (κ1) is 17.1. The van der Waals surface area contributed by atoms with E-state index in [9.17, 15) is 8.42 Å². The van der Waals surface area contributed by atoms with Crippen LogP contribution in [0, 0.1) is 11.3 Å². The summed E-state index contributed by atoms with van der Waals surface area (Å²) >= 11 is 6.05. The van der Waals surface area contributed by atoms with Gasteiger partial charge in [0, 0.05) is 12.8 Å². The molecule has 0 bridgehead atoms. The number of para-hydroxylation sites is 1. The Morgan fingerprint density at radius 3 is 2.52 bits per heavy atom. The van der Waals surface area contributed by atoms with Crippen LogP contribution in [0.15, 0.2) is 47.4 Å². The molecule has 0 fully saturated rings. The van der Waals surface area contributed by atoms with Gasteiger partial charge in [-0.15, -0.1) is 0 Å². The summed E-state index contributed by atoms with van der Waals surface area (Å²) in [5, 5.41) is 12.6. The monoisotopic (exact) mass is 350 g/mol. The number of ether oxygens (including phenoxy) is 1. The summed E-state index contributed by atoms with van der Waals surface area (Å²) in [7, 11) is -3.21. The van der Waals surface area contributed by atoms with Crippen LogP contribution in [-0.4, -0.2) is 27.8 Å². The maximum atomic E-state index is 11.4. The molecule has 0 spiro atoms. The molecule has 23 heavy (non-hydrogen) atoms. The highest BCUT2D eigenvalue weighted by molar-refractivity contribution is 7.90. The zero-order valence-corrected chi connectivity index (χ0v) is 14.0. The molecule has 120 valence electrons. The number of rotatable bonds is 6. The van der Waals surface area contributed by atoms with Crippen molar-refractivity contribution in [2.24, 2.45) is 0 Å². The summed E-state index contributed by atoms with van der Waals surface area (Å²) in [4.78, 5) is 0.248. The third kappa shape index (κ3) is 4.62. The molecule has 0 aliphatic rings. The third-order valence-corrected chi connectivity index (χ3v) is 4.50. The molecule has 0 radical (unpaired) electrons. The van der Waals surface area contributed by atoms with Crippen LogP contribution in [-0.2, 0) is 9.84 Å². The summed E-state index contributed by atoms with van der Waals surface area (Å²) in [5.41, 5.74) is 1.04. The molecule has 2 rings (SSSR count). The topological polar surface area (TPSA) is 79.2 Å². The molecule has 0 saturated carbocycles. The van der Waals surface area contributed by atoms with Gasteiger partial charge in [0.2, 0.25) is 0 Å². The molecule has 0 heterocycles. The van der Waals surface area contributed by atoms with E-state index in [4.69, 9.17) is 21.6 Å². The Morgan fingerprint density at radius 2 is 1.91 bits per heavy atom. The molecule has 2 aromatic rings. The minimum Gasteiger partial charge on any atom is -0.492 e. The van der Waals surface area contributed by atoms with Gasteiger partial charge in [0.15, 0.2) is 9.84 Å². The van der Waals surface area contributed by atoms with Crippen LogP contribution in [0.4, 0.5) is 5.69 Å². The van der Waals surface area contributed by atoms with Gasteiger partial charge in [0.1, 0.15) is 18.4 Å². The van der Waals surface area contributed by atoms with E-state index in [0.29, 0.717) is 35.2 Å². The van der Waals surface area contributed by atoms with E-state index < -0.39 is 9.84 Å². The van der Waals surface area contributed by atoms with Crippen molar-refractivity contribution in [2.45, 2.75) is 4.90 Å². The summed E-state index contributed by atoms with van der Waals surface area (Å²) in [6, 6.07) is 13.4. The highest BCUT2D eigenvalue weighted by atomic mass is 35.5. The maximum Gasteiger partial charge on any atom is 0.175 e. The van der Waals surface area contributed by atoms with E-state index >= 15 is 0 Å². The van der Waals surface area contributed by atoms with Crippen LogP contribution in [0.3, 0.4) is 0 Å². The fraction of sp³-hybridized carbons (Fsp3) is 0.188. The molecule has 0 unspecified atom stereocenters. The number of nitriles is 1. The van der Waals surface area contributed by atoms with Crippen molar-refractivity contribution in [3.8, 4) is 11.8 Å². The van der Waals surface area contributed by atoms with Crippen molar-refractivity contribution in [3.05, 3.63) is 53.1 Å². The average Bonchev–Trinajstić information content (AvgIpc) is 2.52. The molecule has 0 amide bonds. The number of sulfone groups is 1. The minimum absolute atomic E-state index is 0.248. The molecular weight excluding hydrogens is 336 g/mol. The standard InChI is InChI=1S/C16H15ClN2O3S/c1-23(20,21)14-7-5-13(6-8-14)22-10-9-19-16-12(11-18)3-2-4-15(16)17/h2-8,19H,9-10H2,1H3. The summed E-state index contributed by atoms with van der Waals surface area (Å²) < 4.78 is 28.3. The number of benzene rings is 2. The molecule has 5 nitrogen and oxygen atoms in total. The fourth-order valence-electron chi connectivity index (χ4n) is 1.92. The predicted molar refractivity (Wildman–Crippen MR) is 89.7 cm³/mol. The van der Waals surface area contributed by atoms with Crippen LogP contribution in [0.5, 0.6) is 5.75 Å². The van der Waals surface area contributed by atoms with Crippen LogP contribution in [0.1, 0.15) is 5.56 Å². The lowest BCUT2D eigenvalue weighted by molar-refractivity contribution is 0.332. The lowest BCUT2D eigenvalue weighted by Gasteiger charge is -2.11. The summed E-state index contributed by atoms with van der Waals surface area (Å²) in [5.74, 6) is 0.568. The third-order valence-electron chi connectivity index (χ3n) is 3.06. The van der Waals surface area contributed by atoms with Gasteiger partial charge in [-0.2, -0.15) is 5.26 Å². The first-order valence-corrected chi connectivity index (χ1v) is 9.04. The van der Waals surface area contributed by atoms with Crippen molar-refractivity contribution in [1.29, 1.82) is 5.26 Å². The quantitative estimate of drug-likeness (QED) is 0.810. The molecule has 1 N–H and O–H groups in total. The Kier molecular flexibility index (Phi) is 5.48. The molecule has 0 saturated heterocycles. The van der Waals surface area contributed by atoms with E-state index in [1.807, 2.05) is 0 Å². The Labute approximate surface area is 140 Å². The zero-order valence-electron chi connectivity index (χ0n) is 12.4. The molecule has 0 aliphatic carbocycles.